The lowest BCUT2D eigenvalue weighted by molar-refractivity contribution is 0.354. The van der Waals surface area contributed by atoms with Crippen LogP contribution in [0.5, 0.6) is 11.5 Å². The van der Waals surface area contributed by atoms with Crippen molar-refractivity contribution in [2.45, 2.75) is 13.1 Å². The summed E-state index contributed by atoms with van der Waals surface area (Å²) in [6.45, 7) is 1.29. The van der Waals surface area contributed by atoms with Crippen LogP contribution in [0.25, 0.3) is 10.4 Å². The molecule has 0 bridgehead atoms. The van der Waals surface area contributed by atoms with E-state index in [4.69, 9.17) is 9.47 Å². The number of hydrogen-bond donors (Lipinski definition) is 1. The summed E-state index contributed by atoms with van der Waals surface area (Å²) in [5.41, 5.74) is 1.68. The highest BCUT2D eigenvalue weighted by atomic mass is 32.1. The number of hydrogen-bond acceptors (Lipinski definition) is 5. The molecule has 0 amide bonds. The van der Waals surface area contributed by atoms with E-state index >= 15 is 0 Å². The molecule has 6 heteroatoms. The minimum Gasteiger partial charge on any atom is -0.493 e. The van der Waals surface area contributed by atoms with Gasteiger partial charge >= 0.3 is 0 Å². The summed E-state index contributed by atoms with van der Waals surface area (Å²) in [6.07, 6.45) is 1.72. The number of nitrogens with zero attached hydrogens (tertiary/aromatic N) is 1. The quantitative estimate of drug-likeness (QED) is 0.685. The molecule has 0 aliphatic carbocycles. The molecule has 0 unspecified atom stereocenters. The maximum Gasteiger partial charge on any atom is 0.161 e. The van der Waals surface area contributed by atoms with Crippen LogP contribution in [0.3, 0.4) is 0 Å². The molecule has 0 aliphatic rings. The maximum absolute atomic E-state index is 13.8. The Balaban J connectivity index is 1.61. The van der Waals surface area contributed by atoms with E-state index in [0.717, 1.165) is 15.4 Å². The third-order valence-electron chi connectivity index (χ3n) is 3.75. The van der Waals surface area contributed by atoms with Gasteiger partial charge in [0.25, 0.3) is 0 Å². The van der Waals surface area contributed by atoms with Gasteiger partial charge < -0.3 is 14.8 Å². The number of methoxy groups -OCH3 is 2. The second kappa shape index (κ2) is 8.09. The van der Waals surface area contributed by atoms with Gasteiger partial charge in [-0.15, -0.1) is 11.3 Å². The van der Waals surface area contributed by atoms with E-state index in [-0.39, 0.29) is 5.82 Å². The van der Waals surface area contributed by atoms with E-state index in [9.17, 15) is 4.39 Å². The van der Waals surface area contributed by atoms with Crippen LogP contribution in [0.15, 0.2) is 48.7 Å². The summed E-state index contributed by atoms with van der Waals surface area (Å²) in [5.74, 6) is 1.19. The molecule has 4 nitrogen and oxygen atoms in total. The average Bonchev–Trinajstić information content (AvgIpc) is 3.10. The fourth-order valence-corrected chi connectivity index (χ4v) is 3.40. The Morgan fingerprint density at radius 2 is 1.84 bits per heavy atom. The number of ether oxygens (including phenoxy) is 2. The Bertz CT molecular complexity index is 851. The molecule has 0 saturated carbocycles. The number of rotatable bonds is 7. The molecule has 0 aliphatic heterocycles. The fourth-order valence-electron chi connectivity index (χ4n) is 2.48. The summed E-state index contributed by atoms with van der Waals surface area (Å²) in [4.78, 5) is 5.20. The summed E-state index contributed by atoms with van der Waals surface area (Å²) in [6, 6.07) is 12.6. The normalized spacial score (nSPS) is 10.7. The van der Waals surface area contributed by atoms with E-state index in [1.807, 2.05) is 24.3 Å². The van der Waals surface area contributed by atoms with Gasteiger partial charge in [0.1, 0.15) is 10.8 Å². The molecule has 0 atom stereocenters. The standard InChI is InChI=1S/C19H19FN2O2S/c1-23-16-8-7-13(9-17(16)24-2)10-21-12-19-22-11-18(25-19)14-5-3-4-6-15(14)20/h3-9,11,21H,10,12H2,1-2H3. The summed E-state index contributed by atoms with van der Waals surface area (Å²) >= 11 is 1.49. The zero-order valence-electron chi connectivity index (χ0n) is 14.1. The van der Waals surface area contributed by atoms with Gasteiger partial charge in [0, 0.05) is 24.8 Å². The third kappa shape index (κ3) is 4.15. The highest BCUT2D eigenvalue weighted by Crippen LogP contribution is 2.29. The van der Waals surface area contributed by atoms with Gasteiger partial charge in [-0.05, 0) is 23.8 Å². The van der Waals surface area contributed by atoms with E-state index in [1.165, 1.54) is 17.4 Å². The Morgan fingerprint density at radius 3 is 2.60 bits per heavy atom. The predicted molar refractivity (Wildman–Crippen MR) is 97.6 cm³/mol. The molecule has 130 valence electrons. The monoisotopic (exact) mass is 358 g/mol. The van der Waals surface area contributed by atoms with Crippen molar-refractivity contribution in [1.29, 1.82) is 0 Å². The number of nitrogens with one attached hydrogen (secondary N) is 1. The van der Waals surface area contributed by atoms with Crippen molar-refractivity contribution in [3.8, 4) is 21.9 Å². The fraction of sp³-hybridized carbons (Fsp3) is 0.211. The molecule has 0 saturated heterocycles. The molecule has 1 N–H and O–H groups in total. The molecule has 0 fully saturated rings. The number of thiazole rings is 1. The van der Waals surface area contributed by atoms with Crippen molar-refractivity contribution < 1.29 is 13.9 Å². The first kappa shape index (κ1) is 17.4. The van der Waals surface area contributed by atoms with Crippen molar-refractivity contribution in [2.75, 3.05) is 14.2 Å². The van der Waals surface area contributed by atoms with Crippen LogP contribution in [-0.4, -0.2) is 19.2 Å². The first-order valence-corrected chi connectivity index (χ1v) is 8.64. The summed E-state index contributed by atoms with van der Waals surface area (Å²) < 4.78 is 24.4. The van der Waals surface area contributed by atoms with Crippen LogP contribution < -0.4 is 14.8 Å². The van der Waals surface area contributed by atoms with Gasteiger partial charge in [-0.1, -0.05) is 24.3 Å². The van der Waals surface area contributed by atoms with Crippen molar-refractivity contribution in [1.82, 2.24) is 10.3 Å². The third-order valence-corrected chi connectivity index (χ3v) is 4.78. The molecular formula is C19H19FN2O2S. The van der Waals surface area contributed by atoms with Gasteiger partial charge in [0.15, 0.2) is 11.5 Å². The van der Waals surface area contributed by atoms with Crippen LogP contribution in [0.4, 0.5) is 4.39 Å². The molecule has 0 spiro atoms. The van der Waals surface area contributed by atoms with Crippen molar-refractivity contribution in [3.63, 3.8) is 0 Å². The minimum atomic E-state index is -0.226. The topological polar surface area (TPSA) is 43.4 Å². The number of halogens is 1. The van der Waals surface area contributed by atoms with Gasteiger partial charge in [-0.25, -0.2) is 9.37 Å². The Morgan fingerprint density at radius 1 is 1.04 bits per heavy atom. The van der Waals surface area contributed by atoms with Crippen LogP contribution in [0, 0.1) is 5.82 Å². The Kier molecular flexibility index (Phi) is 5.63. The second-order valence-electron chi connectivity index (χ2n) is 5.39. The summed E-state index contributed by atoms with van der Waals surface area (Å²) in [7, 11) is 3.24. The minimum absolute atomic E-state index is 0.226. The van der Waals surface area contributed by atoms with E-state index in [0.29, 0.717) is 30.2 Å². The maximum atomic E-state index is 13.8. The lowest BCUT2D eigenvalue weighted by atomic mass is 10.2. The SMILES string of the molecule is COc1ccc(CNCc2ncc(-c3ccccc3F)s2)cc1OC. The lowest BCUT2D eigenvalue weighted by Gasteiger charge is -2.09. The zero-order valence-corrected chi connectivity index (χ0v) is 14.9. The first-order chi connectivity index (χ1) is 12.2. The largest absolute Gasteiger partial charge is 0.493 e. The predicted octanol–water partition coefficient (Wildman–Crippen LogP) is 4.26. The van der Waals surface area contributed by atoms with Gasteiger partial charge in [0.2, 0.25) is 0 Å². The van der Waals surface area contributed by atoms with E-state index in [2.05, 4.69) is 10.3 Å². The molecule has 3 rings (SSSR count). The molecule has 2 aromatic carbocycles. The van der Waals surface area contributed by atoms with Gasteiger partial charge in [-0.3, -0.25) is 0 Å². The molecule has 25 heavy (non-hydrogen) atoms. The van der Waals surface area contributed by atoms with Crippen LogP contribution in [-0.2, 0) is 13.1 Å². The van der Waals surface area contributed by atoms with Gasteiger partial charge in [-0.2, -0.15) is 0 Å². The molecule has 1 aromatic heterocycles. The van der Waals surface area contributed by atoms with Crippen molar-refractivity contribution in [3.05, 3.63) is 65.0 Å². The number of aromatic nitrogens is 1. The average molecular weight is 358 g/mol. The highest BCUT2D eigenvalue weighted by Gasteiger charge is 2.09. The van der Waals surface area contributed by atoms with Crippen LogP contribution in [0.2, 0.25) is 0 Å². The Hall–Kier alpha value is -2.44. The molecular weight excluding hydrogens is 339 g/mol. The van der Waals surface area contributed by atoms with Crippen LogP contribution in [0.1, 0.15) is 10.6 Å². The highest BCUT2D eigenvalue weighted by molar-refractivity contribution is 7.15. The van der Waals surface area contributed by atoms with Crippen molar-refractivity contribution in [2.24, 2.45) is 0 Å². The first-order valence-electron chi connectivity index (χ1n) is 7.82. The molecule has 1 heterocycles. The number of benzene rings is 2. The molecule has 3 aromatic rings. The van der Waals surface area contributed by atoms with Crippen molar-refractivity contribution >= 4 is 11.3 Å². The van der Waals surface area contributed by atoms with Gasteiger partial charge in [0.05, 0.1) is 19.1 Å². The van der Waals surface area contributed by atoms with Crippen LogP contribution >= 0.6 is 11.3 Å². The lowest BCUT2D eigenvalue weighted by Crippen LogP contribution is -2.12. The zero-order chi connectivity index (χ0) is 17.6. The summed E-state index contributed by atoms with van der Waals surface area (Å²) in [5, 5.41) is 4.26. The second-order valence-corrected chi connectivity index (χ2v) is 6.51. The van der Waals surface area contributed by atoms with E-state index < -0.39 is 0 Å². The smallest absolute Gasteiger partial charge is 0.161 e. The Labute approximate surface area is 150 Å². The molecule has 0 radical (unpaired) electrons. The van der Waals surface area contributed by atoms with E-state index in [1.54, 1.807) is 32.5 Å².